The third-order valence-corrected chi connectivity index (χ3v) is 3.66. The Balaban J connectivity index is 2.47. The number of nitrogens with zero attached hydrogens (tertiary/aromatic N) is 1. The van der Waals surface area contributed by atoms with Crippen LogP contribution in [0.1, 0.15) is 46.5 Å². The number of hydrogen-bond donors (Lipinski definition) is 0. The van der Waals surface area contributed by atoms with Crippen LogP contribution in [-0.4, -0.2) is 43.9 Å². The predicted molar refractivity (Wildman–Crippen MR) is 93.6 cm³/mol. The molecule has 0 spiro atoms. The number of ether oxygens (including phenoxy) is 2. The van der Waals surface area contributed by atoms with E-state index in [2.05, 4.69) is 25.7 Å². The molecule has 126 valence electrons. The summed E-state index contributed by atoms with van der Waals surface area (Å²) in [7, 11) is 0. The van der Waals surface area contributed by atoms with Crippen LogP contribution in [0.2, 0.25) is 0 Å². The largest absolute Gasteiger partial charge is 0.494 e. The lowest BCUT2D eigenvalue weighted by Gasteiger charge is -2.31. The van der Waals surface area contributed by atoms with Gasteiger partial charge in [-0.15, -0.1) is 0 Å². The van der Waals surface area contributed by atoms with Crippen molar-refractivity contribution in [2.24, 2.45) is 0 Å². The van der Waals surface area contributed by atoms with Gasteiger partial charge in [-0.25, -0.2) is 0 Å². The third-order valence-electron chi connectivity index (χ3n) is 3.66. The van der Waals surface area contributed by atoms with E-state index in [0.717, 1.165) is 51.5 Å². The number of benzene rings is 1. The molecular weight excluding hydrogens is 274 g/mol. The van der Waals surface area contributed by atoms with Crippen LogP contribution in [0.5, 0.6) is 5.75 Å². The molecule has 0 aliphatic carbocycles. The molecule has 3 nitrogen and oxygen atoms in total. The fourth-order valence-corrected chi connectivity index (χ4v) is 2.62. The van der Waals surface area contributed by atoms with E-state index in [0.29, 0.717) is 6.04 Å². The molecule has 0 fully saturated rings. The van der Waals surface area contributed by atoms with Crippen LogP contribution >= 0.6 is 0 Å². The molecular formula is C19H33NO2. The van der Waals surface area contributed by atoms with Gasteiger partial charge in [-0.05, 0) is 50.9 Å². The van der Waals surface area contributed by atoms with Gasteiger partial charge in [0.2, 0.25) is 0 Å². The first kappa shape index (κ1) is 19.0. The molecule has 0 aliphatic rings. The van der Waals surface area contributed by atoms with Gasteiger partial charge < -0.3 is 9.47 Å². The summed E-state index contributed by atoms with van der Waals surface area (Å²) in [6, 6.07) is 10.5. The Kier molecular flexibility index (Phi) is 10.8. The first-order chi connectivity index (χ1) is 10.8. The third kappa shape index (κ3) is 7.81. The van der Waals surface area contributed by atoms with Crippen molar-refractivity contribution in [3.8, 4) is 5.75 Å². The highest BCUT2D eigenvalue weighted by atomic mass is 16.5. The predicted octanol–water partition coefficient (Wildman–Crippen LogP) is 4.37. The molecule has 0 aromatic heterocycles. The molecule has 22 heavy (non-hydrogen) atoms. The molecule has 3 heteroatoms. The SMILES string of the molecule is CCCOCC(CCOc1ccccc1)N(CCC)CCC. The maximum atomic E-state index is 5.87. The topological polar surface area (TPSA) is 21.7 Å². The Labute approximate surface area is 136 Å². The monoisotopic (exact) mass is 307 g/mol. The summed E-state index contributed by atoms with van der Waals surface area (Å²) >= 11 is 0. The minimum Gasteiger partial charge on any atom is -0.494 e. The lowest BCUT2D eigenvalue weighted by molar-refractivity contribution is 0.0487. The summed E-state index contributed by atoms with van der Waals surface area (Å²) in [5.74, 6) is 0.952. The Morgan fingerprint density at radius 1 is 0.909 bits per heavy atom. The highest BCUT2D eigenvalue weighted by Crippen LogP contribution is 2.12. The highest BCUT2D eigenvalue weighted by Gasteiger charge is 2.17. The fraction of sp³-hybridized carbons (Fsp3) is 0.684. The van der Waals surface area contributed by atoms with Gasteiger partial charge in [-0.1, -0.05) is 39.0 Å². The van der Waals surface area contributed by atoms with Gasteiger partial charge in [0.25, 0.3) is 0 Å². The van der Waals surface area contributed by atoms with E-state index in [1.165, 1.54) is 12.8 Å². The van der Waals surface area contributed by atoms with Crippen molar-refractivity contribution in [2.45, 2.75) is 52.5 Å². The molecule has 0 saturated heterocycles. The van der Waals surface area contributed by atoms with Crippen molar-refractivity contribution >= 4 is 0 Å². The Morgan fingerprint density at radius 2 is 1.59 bits per heavy atom. The smallest absolute Gasteiger partial charge is 0.119 e. The zero-order valence-electron chi connectivity index (χ0n) is 14.6. The molecule has 1 unspecified atom stereocenters. The first-order valence-corrected chi connectivity index (χ1v) is 8.81. The van der Waals surface area contributed by atoms with Crippen molar-refractivity contribution in [3.05, 3.63) is 30.3 Å². The second-order valence-electron chi connectivity index (χ2n) is 5.71. The maximum Gasteiger partial charge on any atom is 0.119 e. The molecule has 0 bridgehead atoms. The van der Waals surface area contributed by atoms with Crippen LogP contribution in [-0.2, 0) is 4.74 Å². The van der Waals surface area contributed by atoms with Crippen molar-refractivity contribution in [3.63, 3.8) is 0 Å². The van der Waals surface area contributed by atoms with E-state index in [1.54, 1.807) is 0 Å². The summed E-state index contributed by atoms with van der Waals surface area (Å²) in [6.45, 7) is 11.3. The van der Waals surface area contributed by atoms with Gasteiger partial charge in [0.05, 0.1) is 13.2 Å². The zero-order valence-corrected chi connectivity index (χ0v) is 14.6. The molecule has 1 rings (SSSR count). The quantitative estimate of drug-likeness (QED) is 0.505. The molecule has 0 radical (unpaired) electrons. The minimum absolute atomic E-state index is 0.454. The van der Waals surface area contributed by atoms with Crippen LogP contribution in [0.15, 0.2) is 30.3 Å². The molecule has 0 aliphatic heterocycles. The Bertz CT molecular complexity index is 350. The lowest BCUT2D eigenvalue weighted by atomic mass is 10.1. The molecule has 0 heterocycles. The van der Waals surface area contributed by atoms with Crippen LogP contribution in [0.3, 0.4) is 0 Å². The number of hydrogen-bond acceptors (Lipinski definition) is 3. The zero-order chi connectivity index (χ0) is 16.0. The van der Waals surface area contributed by atoms with E-state index in [4.69, 9.17) is 9.47 Å². The van der Waals surface area contributed by atoms with Crippen LogP contribution in [0.4, 0.5) is 0 Å². The second-order valence-corrected chi connectivity index (χ2v) is 5.71. The molecule has 0 amide bonds. The van der Waals surface area contributed by atoms with E-state index >= 15 is 0 Å². The van der Waals surface area contributed by atoms with Crippen LogP contribution in [0, 0.1) is 0 Å². The van der Waals surface area contributed by atoms with Crippen molar-refractivity contribution in [2.75, 3.05) is 32.9 Å². The molecule has 1 aromatic rings. The standard InChI is InChI=1S/C19H33NO2/c1-4-13-20(14-5-2)18(17-21-15-6-3)12-16-22-19-10-8-7-9-11-19/h7-11,18H,4-6,12-17H2,1-3H3. The van der Waals surface area contributed by atoms with E-state index in [9.17, 15) is 0 Å². The average Bonchev–Trinajstić information content (AvgIpc) is 2.54. The van der Waals surface area contributed by atoms with E-state index in [1.807, 2.05) is 30.3 Å². The first-order valence-electron chi connectivity index (χ1n) is 8.81. The minimum atomic E-state index is 0.454. The second kappa shape index (κ2) is 12.5. The summed E-state index contributed by atoms with van der Waals surface area (Å²) in [6.07, 6.45) is 4.46. The average molecular weight is 307 g/mol. The molecule has 0 saturated carbocycles. The van der Waals surface area contributed by atoms with Crippen molar-refractivity contribution < 1.29 is 9.47 Å². The molecule has 0 N–H and O–H groups in total. The van der Waals surface area contributed by atoms with Crippen LogP contribution < -0.4 is 4.74 Å². The number of rotatable bonds is 13. The highest BCUT2D eigenvalue weighted by molar-refractivity contribution is 5.20. The van der Waals surface area contributed by atoms with E-state index in [-0.39, 0.29) is 0 Å². The van der Waals surface area contributed by atoms with Crippen molar-refractivity contribution in [1.82, 2.24) is 4.90 Å². The summed E-state index contributed by atoms with van der Waals surface area (Å²) in [4.78, 5) is 2.56. The summed E-state index contributed by atoms with van der Waals surface area (Å²) < 4.78 is 11.7. The Morgan fingerprint density at radius 3 is 2.18 bits per heavy atom. The van der Waals surface area contributed by atoms with Gasteiger partial charge in [0, 0.05) is 12.6 Å². The fourth-order valence-electron chi connectivity index (χ4n) is 2.62. The normalized spacial score (nSPS) is 12.5. The number of para-hydroxylation sites is 1. The summed E-state index contributed by atoms with van der Waals surface area (Å²) in [5.41, 5.74) is 0. The lowest BCUT2D eigenvalue weighted by Crippen LogP contribution is -2.41. The maximum absolute atomic E-state index is 5.87. The molecule has 1 atom stereocenters. The van der Waals surface area contributed by atoms with Crippen molar-refractivity contribution in [1.29, 1.82) is 0 Å². The summed E-state index contributed by atoms with van der Waals surface area (Å²) in [5, 5.41) is 0. The van der Waals surface area contributed by atoms with Gasteiger partial charge in [-0.2, -0.15) is 0 Å². The van der Waals surface area contributed by atoms with Gasteiger partial charge >= 0.3 is 0 Å². The Hall–Kier alpha value is -1.06. The van der Waals surface area contributed by atoms with E-state index < -0.39 is 0 Å². The van der Waals surface area contributed by atoms with Gasteiger partial charge in [0.1, 0.15) is 5.75 Å². The van der Waals surface area contributed by atoms with Gasteiger partial charge in [-0.3, -0.25) is 4.90 Å². The van der Waals surface area contributed by atoms with Crippen LogP contribution in [0.25, 0.3) is 0 Å². The molecule has 1 aromatic carbocycles. The van der Waals surface area contributed by atoms with Gasteiger partial charge in [0.15, 0.2) is 0 Å².